The summed E-state index contributed by atoms with van der Waals surface area (Å²) in [5.74, 6) is 0.0955. The molecule has 0 atom stereocenters. The van der Waals surface area contributed by atoms with Gasteiger partial charge in [-0.3, -0.25) is 4.98 Å². The number of benzene rings is 2. The molecule has 0 saturated carbocycles. The van der Waals surface area contributed by atoms with Gasteiger partial charge in [0.05, 0.1) is 16.2 Å². The molecular formula is C22H22Cl2FN3O. The van der Waals surface area contributed by atoms with Gasteiger partial charge in [-0.05, 0) is 55.1 Å². The predicted molar refractivity (Wildman–Crippen MR) is 119 cm³/mol. The summed E-state index contributed by atoms with van der Waals surface area (Å²) >= 11 is 11.9. The maximum atomic E-state index is 13.7. The Hall–Kier alpha value is -2.34. The van der Waals surface area contributed by atoms with Crippen molar-refractivity contribution in [1.29, 1.82) is 0 Å². The first-order valence-corrected chi connectivity index (χ1v) is 10.0. The molecule has 0 radical (unpaired) electrons. The van der Waals surface area contributed by atoms with Gasteiger partial charge in [-0.15, -0.1) is 11.6 Å². The van der Waals surface area contributed by atoms with E-state index in [9.17, 15) is 9.50 Å². The van der Waals surface area contributed by atoms with Crippen LogP contribution in [0.5, 0.6) is 5.75 Å². The van der Waals surface area contributed by atoms with Crippen LogP contribution in [0.25, 0.3) is 10.9 Å². The van der Waals surface area contributed by atoms with Crippen LogP contribution < -0.4 is 4.90 Å². The molecule has 3 rings (SSSR count). The molecule has 29 heavy (non-hydrogen) atoms. The minimum atomic E-state index is -0.469. The highest BCUT2D eigenvalue weighted by atomic mass is 35.5. The second-order valence-corrected chi connectivity index (χ2v) is 7.58. The van der Waals surface area contributed by atoms with E-state index >= 15 is 0 Å². The van der Waals surface area contributed by atoms with Gasteiger partial charge in [-0.1, -0.05) is 18.2 Å². The van der Waals surface area contributed by atoms with Crippen LogP contribution >= 0.6 is 23.2 Å². The number of nitrogens with zero attached hydrogens (tertiary/aromatic N) is 3. The van der Waals surface area contributed by atoms with Gasteiger partial charge in [0.25, 0.3) is 0 Å². The molecule has 2 aromatic carbocycles. The summed E-state index contributed by atoms with van der Waals surface area (Å²) in [4.78, 5) is 8.53. The van der Waals surface area contributed by atoms with Gasteiger partial charge in [0.15, 0.2) is 0 Å². The molecule has 0 fully saturated rings. The average Bonchev–Trinajstić information content (AvgIpc) is 2.70. The molecule has 1 aromatic heterocycles. The van der Waals surface area contributed by atoms with Crippen molar-refractivity contribution in [1.82, 2.24) is 9.88 Å². The smallest absolute Gasteiger partial charge is 0.141 e. The van der Waals surface area contributed by atoms with E-state index in [1.54, 1.807) is 36.5 Å². The molecule has 3 aromatic rings. The Kier molecular flexibility index (Phi) is 6.96. The second kappa shape index (κ2) is 9.44. The zero-order chi connectivity index (χ0) is 21.0. The Labute approximate surface area is 179 Å². The maximum Gasteiger partial charge on any atom is 0.141 e. The number of halogens is 3. The van der Waals surface area contributed by atoms with E-state index in [0.717, 1.165) is 27.9 Å². The molecule has 0 aliphatic heterocycles. The van der Waals surface area contributed by atoms with Crippen LogP contribution in [0.4, 0.5) is 15.8 Å². The molecule has 0 unspecified atom stereocenters. The largest absolute Gasteiger partial charge is 0.508 e. The number of phenolic OH excluding ortho intramolecular Hbond substituents is 1. The number of fused-ring (bicyclic) bond motifs is 1. The SMILES string of the molecule is C=C(CCl)CN(C)CCN(c1ccc(F)c(Cl)c1)c1ccnc2ccc(O)cc12. The number of likely N-dealkylation sites (N-methyl/N-ethyl adjacent to an activating group) is 1. The van der Waals surface area contributed by atoms with Crippen LogP contribution in [0.3, 0.4) is 0 Å². The Morgan fingerprint density at radius 3 is 2.69 bits per heavy atom. The van der Waals surface area contributed by atoms with E-state index in [2.05, 4.69) is 16.5 Å². The lowest BCUT2D eigenvalue weighted by molar-refractivity contribution is 0.372. The summed E-state index contributed by atoms with van der Waals surface area (Å²) in [5.41, 5.74) is 3.28. The van der Waals surface area contributed by atoms with Crippen molar-refractivity contribution in [2.24, 2.45) is 0 Å². The highest BCUT2D eigenvalue weighted by molar-refractivity contribution is 6.31. The third-order valence-corrected chi connectivity index (χ3v) is 5.26. The fraction of sp³-hybridized carbons (Fsp3) is 0.227. The summed E-state index contributed by atoms with van der Waals surface area (Å²) in [6.07, 6.45) is 1.71. The first-order chi connectivity index (χ1) is 13.9. The van der Waals surface area contributed by atoms with Gasteiger partial charge in [0.2, 0.25) is 0 Å². The van der Waals surface area contributed by atoms with Crippen LogP contribution in [-0.2, 0) is 0 Å². The van der Waals surface area contributed by atoms with E-state index in [0.29, 0.717) is 25.5 Å². The highest BCUT2D eigenvalue weighted by Crippen LogP contribution is 2.34. The number of alkyl halides is 1. The summed E-state index contributed by atoms with van der Waals surface area (Å²) in [7, 11) is 1.99. The lowest BCUT2D eigenvalue weighted by atomic mass is 10.1. The minimum Gasteiger partial charge on any atom is -0.508 e. The number of aromatic nitrogens is 1. The molecule has 0 saturated heterocycles. The van der Waals surface area contributed by atoms with Crippen molar-refractivity contribution in [3.05, 3.63) is 71.7 Å². The van der Waals surface area contributed by atoms with Crippen molar-refractivity contribution < 1.29 is 9.50 Å². The molecule has 0 aliphatic carbocycles. The Bertz CT molecular complexity index is 1030. The molecule has 0 bridgehead atoms. The molecule has 7 heteroatoms. The summed E-state index contributed by atoms with van der Waals surface area (Å²) in [6.45, 7) is 5.93. The van der Waals surface area contributed by atoms with E-state index in [1.165, 1.54) is 6.07 Å². The van der Waals surface area contributed by atoms with Crippen molar-refractivity contribution in [2.75, 3.05) is 37.5 Å². The van der Waals surface area contributed by atoms with E-state index in [4.69, 9.17) is 23.2 Å². The quantitative estimate of drug-likeness (QED) is 0.370. The van der Waals surface area contributed by atoms with Crippen molar-refractivity contribution >= 4 is 45.5 Å². The third-order valence-electron chi connectivity index (χ3n) is 4.60. The molecule has 4 nitrogen and oxygen atoms in total. The third kappa shape index (κ3) is 5.18. The Morgan fingerprint density at radius 2 is 1.97 bits per heavy atom. The van der Waals surface area contributed by atoms with Crippen LogP contribution in [0.15, 0.2) is 60.8 Å². The Balaban J connectivity index is 2.00. The second-order valence-electron chi connectivity index (χ2n) is 6.90. The van der Waals surface area contributed by atoms with Gasteiger partial charge in [-0.25, -0.2) is 4.39 Å². The molecular weight excluding hydrogens is 412 g/mol. The summed E-state index contributed by atoms with van der Waals surface area (Å²) in [5, 5.41) is 10.8. The van der Waals surface area contributed by atoms with Crippen molar-refractivity contribution in [2.45, 2.75) is 0 Å². The van der Waals surface area contributed by atoms with Crippen molar-refractivity contribution in [3.8, 4) is 5.75 Å². The van der Waals surface area contributed by atoms with Gasteiger partial charge < -0.3 is 14.9 Å². The fourth-order valence-corrected chi connectivity index (χ4v) is 3.43. The average molecular weight is 434 g/mol. The first kappa shape index (κ1) is 21.4. The molecule has 0 aliphatic rings. The topological polar surface area (TPSA) is 39.6 Å². The number of pyridine rings is 1. The molecule has 0 amide bonds. The zero-order valence-electron chi connectivity index (χ0n) is 16.1. The predicted octanol–water partition coefficient (Wildman–Crippen LogP) is 5.60. The van der Waals surface area contributed by atoms with Crippen LogP contribution in [0, 0.1) is 5.82 Å². The number of aromatic hydroxyl groups is 1. The number of hydrogen-bond acceptors (Lipinski definition) is 4. The molecule has 1 heterocycles. The number of rotatable bonds is 8. The standard InChI is InChI=1S/C22H22Cl2FN3O/c1-15(13-23)14-27(2)9-10-28(16-3-5-20(25)19(24)11-16)22-7-8-26-21-6-4-17(29)12-18(21)22/h3-8,11-12,29H,1,9-10,13-14H2,2H3. The molecule has 0 spiro atoms. The highest BCUT2D eigenvalue weighted by Gasteiger charge is 2.16. The normalized spacial score (nSPS) is 11.2. The van der Waals surface area contributed by atoms with Gasteiger partial charge in [0, 0.05) is 42.8 Å². The van der Waals surface area contributed by atoms with Crippen LogP contribution in [-0.4, -0.2) is 47.6 Å². The fourth-order valence-electron chi connectivity index (χ4n) is 3.17. The van der Waals surface area contributed by atoms with E-state index in [-0.39, 0.29) is 10.8 Å². The van der Waals surface area contributed by atoms with Gasteiger partial charge in [0.1, 0.15) is 11.6 Å². The van der Waals surface area contributed by atoms with Gasteiger partial charge in [-0.2, -0.15) is 0 Å². The summed E-state index contributed by atoms with van der Waals surface area (Å²) < 4.78 is 13.7. The number of phenols is 1. The lowest BCUT2D eigenvalue weighted by Gasteiger charge is -2.29. The van der Waals surface area contributed by atoms with Crippen LogP contribution in [0.1, 0.15) is 0 Å². The van der Waals surface area contributed by atoms with Crippen LogP contribution in [0.2, 0.25) is 5.02 Å². The number of hydrogen-bond donors (Lipinski definition) is 1. The van der Waals surface area contributed by atoms with Crippen molar-refractivity contribution in [3.63, 3.8) is 0 Å². The molecule has 1 N–H and O–H groups in total. The minimum absolute atomic E-state index is 0.0533. The Morgan fingerprint density at radius 1 is 1.17 bits per heavy atom. The van der Waals surface area contributed by atoms with E-state index < -0.39 is 5.82 Å². The molecule has 152 valence electrons. The first-order valence-electron chi connectivity index (χ1n) is 9.10. The maximum absolute atomic E-state index is 13.7. The lowest BCUT2D eigenvalue weighted by Crippen LogP contribution is -2.32. The van der Waals surface area contributed by atoms with Gasteiger partial charge >= 0.3 is 0 Å². The number of anilines is 2. The van der Waals surface area contributed by atoms with E-state index in [1.807, 2.05) is 18.0 Å². The summed E-state index contributed by atoms with van der Waals surface area (Å²) in [6, 6.07) is 11.6. The monoisotopic (exact) mass is 433 g/mol. The zero-order valence-corrected chi connectivity index (χ0v) is 17.6.